The topological polar surface area (TPSA) is 57.8 Å². The zero-order valence-corrected chi connectivity index (χ0v) is 16.0. The normalized spacial score (nSPS) is 13.7. The van der Waals surface area contributed by atoms with Gasteiger partial charge in [-0.15, -0.1) is 11.3 Å². The van der Waals surface area contributed by atoms with Crippen molar-refractivity contribution in [3.63, 3.8) is 0 Å². The Hall–Kier alpha value is -2.14. The fraction of sp³-hybridized carbons (Fsp3) is 0.429. The van der Waals surface area contributed by atoms with Gasteiger partial charge in [-0.3, -0.25) is 4.79 Å². The summed E-state index contributed by atoms with van der Waals surface area (Å²) < 4.78 is 0. The smallest absolute Gasteiger partial charge is 0.253 e. The second-order valence-corrected chi connectivity index (χ2v) is 8.06. The van der Waals surface area contributed by atoms with E-state index in [-0.39, 0.29) is 5.91 Å². The molecule has 0 spiro atoms. The summed E-state index contributed by atoms with van der Waals surface area (Å²) in [6.07, 6.45) is 7.72. The first-order valence-corrected chi connectivity index (χ1v) is 10.4. The minimum Gasteiger partial charge on any atom is -0.358 e. The van der Waals surface area contributed by atoms with E-state index in [1.807, 2.05) is 19.1 Å². The molecule has 1 aromatic carbocycles. The maximum atomic E-state index is 12.7. The van der Waals surface area contributed by atoms with E-state index in [4.69, 9.17) is 0 Å². The van der Waals surface area contributed by atoms with Crippen LogP contribution in [-0.2, 0) is 19.3 Å². The van der Waals surface area contributed by atoms with Gasteiger partial charge >= 0.3 is 0 Å². The number of nitrogens with zero attached hydrogens (tertiary/aromatic N) is 1. The molecule has 26 heavy (non-hydrogen) atoms. The van der Waals surface area contributed by atoms with Crippen molar-refractivity contribution in [3.8, 4) is 0 Å². The number of carbonyl (C=O) groups excluding carboxylic acids is 1. The first-order chi connectivity index (χ1) is 12.7. The lowest BCUT2D eigenvalue weighted by Crippen LogP contribution is -2.24. The van der Waals surface area contributed by atoms with Crippen LogP contribution in [0.5, 0.6) is 0 Å². The van der Waals surface area contributed by atoms with Crippen LogP contribution in [0.15, 0.2) is 23.6 Å². The average molecular weight is 368 g/mol. The minimum absolute atomic E-state index is 0.0271. The summed E-state index contributed by atoms with van der Waals surface area (Å²) in [6.45, 7) is 2.74. The molecule has 2 N–H and O–H groups in total. The molecule has 0 fully saturated rings. The molecule has 1 amide bonds. The highest BCUT2D eigenvalue weighted by Gasteiger charge is 2.19. The van der Waals surface area contributed by atoms with Gasteiger partial charge in [0.2, 0.25) is 0 Å². The molecule has 2 heterocycles. The Labute approximate surface area is 158 Å². The summed E-state index contributed by atoms with van der Waals surface area (Å²) in [5.41, 5.74) is 5.62. The zero-order chi connectivity index (χ0) is 17.9. The average Bonchev–Trinajstić information content (AvgIpc) is 3.24. The molecular formula is C21H25N3OS. The largest absolute Gasteiger partial charge is 0.358 e. The number of para-hydroxylation sites is 1. The van der Waals surface area contributed by atoms with Crippen LogP contribution in [0.2, 0.25) is 0 Å². The van der Waals surface area contributed by atoms with E-state index in [1.165, 1.54) is 34.5 Å². The third kappa shape index (κ3) is 3.54. The summed E-state index contributed by atoms with van der Waals surface area (Å²) in [4.78, 5) is 20.7. The van der Waals surface area contributed by atoms with E-state index in [1.54, 1.807) is 11.3 Å². The third-order valence-corrected chi connectivity index (χ3v) is 6.17. The number of H-pyrrole nitrogens is 1. The number of aryl methyl sites for hydroxylation is 4. The molecule has 136 valence electrons. The molecule has 1 aliphatic rings. The van der Waals surface area contributed by atoms with Gasteiger partial charge in [-0.25, -0.2) is 4.98 Å². The number of carbonyl (C=O) groups is 1. The Morgan fingerprint density at radius 3 is 3.00 bits per heavy atom. The number of hydrogen-bond acceptors (Lipinski definition) is 3. The lowest BCUT2D eigenvalue weighted by Gasteiger charge is -2.10. The molecule has 0 unspecified atom stereocenters. The molecule has 0 radical (unpaired) electrons. The number of hydrogen-bond donors (Lipinski definition) is 2. The van der Waals surface area contributed by atoms with Crippen molar-refractivity contribution in [2.45, 2.75) is 51.9 Å². The second kappa shape index (κ2) is 7.62. The Kier molecular flexibility index (Phi) is 5.07. The maximum Gasteiger partial charge on any atom is 0.253 e. The highest BCUT2D eigenvalue weighted by Crippen LogP contribution is 2.30. The fourth-order valence-corrected chi connectivity index (χ4v) is 4.65. The van der Waals surface area contributed by atoms with Gasteiger partial charge in [0.05, 0.1) is 16.1 Å². The first-order valence-electron chi connectivity index (χ1n) is 9.54. The Morgan fingerprint density at radius 2 is 2.15 bits per heavy atom. The molecule has 0 bridgehead atoms. The van der Waals surface area contributed by atoms with Gasteiger partial charge in [0.25, 0.3) is 5.91 Å². The van der Waals surface area contributed by atoms with Crippen LogP contribution in [0.4, 0.5) is 0 Å². The molecule has 0 saturated carbocycles. The monoisotopic (exact) mass is 367 g/mol. The van der Waals surface area contributed by atoms with Crippen LogP contribution in [-0.4, -0.2) is 22.4 Å². The van der Waals surface area contributed by atoms with Crippen LogP contribution >= 0.6 is 11.3 Å². The van der Waals surface area contributed by atoms with Gasteiger partial charge in [0.15, 0.2) is 0 Å². The number of aromatic nitrogens is 2. The summed E-state index contributed by atoms with van der Waals surface area (Å²) in [6, 6.07) is 6.07. The van der Waals surface area contributed by atoms with Crippen LogP contribution in [0, 0.1) is 6.92 Å². The van der Waals surface area contributed by atoms with Crippen molar-refractivity contribution < 1.29 is 4.79 Å². The van der Waals surface area contributed by atoms with Crippen molar-refractivity contribution in [3.05, 3.63) is 51.1 Å². The van der Waals surface area contributed by atoms with Gasteiger partial charge in [-0.1, -0.05) is 12.1 Å². The third-order valence-electron chi connectivity index (χ3n) is 5.15. The minimum atomic E-state index is 0.0271. The second-order valence-electron chi connectivity index (χ2n) is 7.11. The number of fused-ring (bicyclic) bond motifs is 3. The molecule has 0 atom stereocenters. The summed E-state index contributed by atoms with van der Waals surface area (Å²) in [5.74, 6) is 0.0271. The van der Waals surface area contributed by atoms with E-state index in [0.717, 1.165) is 48.9 Å². The lowest BCUT2D eigenvalue weighted by atomic mass is 9.95. The van der Waals surface area contributed by atoms with Crippen molar-refractivity contribution in [1.82, 2.24) is 15.3 Å². The van der Waals surface area contributed by atoms with Gasteiger partial charge in [0.1, 0.15) is 0 Å². The van der Waals surface area contributed by atoms with Crippen LogP contribution < -0.4 is 5.32 Å². The van der Waals surface area contributed by atoms with Crippen molar-refractivity contribution >= 4 is 28.1 Å². The number of thiazole rings is 1. The number of amides is 1. The molecule has 0 saturated heterocycles. The van der Waals surface area contributed by atoms with E-state index in [9.17, 15) is 4.79 Å². The van der Waals surface area contributed by atoms with Crippen LogP contribution in [0.25, 0.3) is 10.9 Å². The van der Waals surface area contributed by atoms with Crippen molar-refractivity contribution in [2.75, 3.05) is 6.54 Å². The summed E-state index contributed by atoms with van der Waals surface area (Å²) in [7, 11) is 0. The number of aromatic amines is 1. The number of rotatable bonds is 6. The van der Waals surface area contributed by atoms with Gasteiger partial charge in [0, 0.05) is 28.7 Å². The first kappa shape index (κ1) is 17.3. The molecule has 1 aliphatic carbocycles. The predicted molar refractivity (Wildman–Crippen MR) is 107 cm³/mol. The van der Waals surface area contributed by atoms with Crippen molar-refractivity contribution in [2.24, 2.45) is 0 Å². The molecule has 0 aliphatic heterocycles. The lowest BCUT2D eigenvalue weighted by molar-refractivity contribution is 0.0954. The quantitative estimate of drug-likeness (QED) is 0.627. The summed E-state index contributed by atoms with van der Waals surface area (Å²) >= 11 is 1.72. The zero-order valence-electron chi connectivity index (χ0n) is 15.2. The van der Waals surface area contributed by atoms with E-state index >= 15 is 0 Å². The standard InChI is InChI=1S/C21H25N3OS/c1-14-13-26-19(23-14)11-4-5-12-22-21(25)17-9-6-8-16-15-7-2-3-10-18(15)24-20(16)17/h6,8-9,13,24H,2-5,7,10-12H2,1H3,(H,22,25). The van der Waals surface area contributed by atoms with E-state index in [0.29, 0.717) is 6.54 Å². The molecule has 4 nitrogen and oxygen atoms in total. The molecule has 4 rings (SSSR count). The highest BCUT2D eigenvalue weighted by atomic mass is 32.1. The van der Waals surface area contributed by atoms with Crippen molar-refractivity contribution in [1.29, 1.82) is 0 Å². The van der Waals surface area contributed by atoms with Gasteiger partial charge < -0.3 is 10.3 Å². The number of unbranched alkanes of at least 4 members (excludes halogenated alkanes) is 1. The summed E-state index contributed by atoms with van der Waals surface area (Å²) in [5, 5.41) is 7.60. The van der Waals surface area contributed by atoms with Gasteiger partial charge in [-0.2, -0.15) is 0 Å². The Balaban J connectivity index is 1.36. The highest BCUT2D eigenvalue weighted by molar-refractivity contribution is 7.09. The van der Waals surface area contributed by atoms with Gasteiger partial charge in [-0.05, 0) is 63.5 Å². The Bertz CT molecular complexity index is 925. The Morgan fingerprint density at radius 1 is 1.27 bits per heavy atom. The fourth-order valence-electron chi connectivity index (χ4n) is 3.83. The number of nitrogens with one attached hydrogen (secondary N) is 2. The molecular weight excluding hydrogens is 342 g/mol. The van der Waals surface area contributed by atoms with Crippen LogP contribution in [0.1, 0.15) is 58.0 Å². The molecule has 3 aromatic rings. The maximum absolute atomic E-state index is 12.7. The van der Waals surface area contributed by atoms with Crippen LogP contribution in [0.3, 0.4) is 0 Å². The molecule has 5 heteroatoms. The van der Waals surface area contributed by atoms with E-state index < -0.39 is 0 Å². The predicted octanol–water partition coefficient (Wildman–Crippen LogP) is 4.56. The molecule has 2 aromatic heterocycles. The number of benzene rings is 1. The SMILES string of the molecule is Cc1csc(CCCCNC(=O)c2cccc3c4c([nH]c23)CCCC4)n1. The van der Waals surface area contributed by atoms with E-state index in [2.05, 4.69) is 26.7 Å².